The number of nitrogens with one attached hydrogen (secondary N) is 2. The van der Waals surface area contributed by atoms with Crippen LogP contribution in [0.5, 0.6) is 0 Å². The van der Waals surface area contributed by atoms with E-state index in [0.29, 0.717) is 18.6 Å². The van der Waals surface area contributed by atoms with E-state index >= 15 is 0 Å². The van der Waals surface area contributed by atoms with Gasteiger partial charge >= 0.3 is 6.09 Å². The number of pyridine rings is 1. The molecule has 0 spiro atoms. The summed E-state index contributed by atoms with van der Waals surface area (Å²) in [5, 5.41) is 3.54. The zero-order chi connectivity index (χ0) is 14.8. The maximum atomic E-state index is 13.0. The molecule has 0 atom stereocenters. The molecule has 0 aliphatic carbocycles. The second kappa shape index (κ2) is 5.48. The van der Waals surface area contributed by atoms with Crippen LogP contribution in [-0.2, 0) is 11.2 Å². The number of nitrogens with zero attached hydrogens (tertiary/aromatic N) is 1. The van der Waals surface area contributed by atoms with Crippen LogP contribution in [-0.4, -0.2) is 28.2 Å². The molecule has 2 rings (SSSR count). The summed E-state index contributed by atoms with van der Waals surface area (Å²) in [7, 11) is 0. The Morgan fingerprint density at radius 3 is 2.90 bits per heavy atom. The summed E-state index contributed by atoms with van der Waals surface area (Å²) in [6.45, 7) is 5.88. The van der Waals surface area contributed by atoms with E-state index in [2.05, 4.69) is 15.3 Å². The van der Waals surface area contributed by atoms with Crippen LogP contribution in [0.3, 0.4) is 0 Å². The van der Waals surface area contributed by atoms with Crippen LogP contribution in [0, 0.1) is 5.95 Å². The molecule has 2 N–H and O–H groups in total. The second-order valence-electron chi connectivity index (χ2n) is 5.52. The van der Waals surface area contributed by atoms with Crippen LogP contribution in [0.2, 0.25) is 0 Å². The molecule has 20 heavy (non-hydrogen) atoms. The number of carbonyl (C=O) groups is 1. The van der Waals surface area contributed by atoms with Crippen molar-refractivity contribution in [3.05, 3.63) is 29.8 Å². The zero-order valence-electron chi connectivity index (χ0n) is 11.8. The van der Waals surface area contributed by atoms with Crippen LogP contribution in [0.25, 0.3) is 11.0 Å². The van der Waals surface area contributed by atoms with Gasteiger partial charge in [0, 0.05) is 18.1 Å². The molecule has 0 bridgehead atoms. The highest BCUT2D eigenvalue weighted by Crippen LogP contribution is 2.16. The first-order valence-corrected chi connectivity index (χ1v) is 6.44. The van der Waals surface area contributed by atoms with E-state index in [9.17, 15) is 9.18 Å². The quantitative estimate of drug-likeness (QED) is 0.849. The Balaban J connectivity index is 1.92. The van der Waals surface area contributed by atoms with Crippen molar-refractivity contribution in [2.24, 2.45) is 0 Å². The van der Waals surface area contributed by atoms with Gasteiger partial charge in [0.2, 0.25) is 5.95 Å². The third kappa shape index (κ3) is 3.69. The van der Waals surface area contributed by atoms with Crippen molar-refractivity contribution in [3.63, 3.8) is 0 Å². The minimum absolute atomic E-state index is 0.443. The monoisotopic (exact) mass is 279 g/mol. The first kappa shape index (κ1) is 14.3. The fourth-order valence-corrected chi connectivity index (χ4v) is 1.86. The van der Waals surface area contributed by atoms with Gasteiger partial charge in [-0.15, -0.1) is 0 Å². The fourth-order valence-electron chi connectivity index (χ4n) is 1.86. The Bertz CT molecular complexity index is 616. The first-order chi connectivity index (χ1) is 9.35. The van der Waals surface area contributed by atoms with E-state index in [0.717, 1.165) is 10.9 Å². The Morgan fingerprint density at radius 2 is 2.20 bits per heavy atom. The summed E-state index contributed by atoms with van der Waals surface area (Å²) in [5.41, 5.74) is 0.979. The van der Waals surface area contributed by atoms with Crippen LogP contribution in [0.1, 0.15) is 26.3 Å². The van der Waals surface area contributed by atoms with Crippen molar-refractivity contribution in [2.75, 3.05) is 6.54 Å². The van der Waals surface area contributed by atoms with E-state index in [4.69, 9.17) is 4.74 Å². The molecule has 0 fully saturated rings. The van der Waals surface area contributed by atoms with Crippen molar-refractivity contribution in [1.82, 2.24) is 15.3 Å². The molecule has 108 valence electrons. The first-order valence-electron chi connectivity index (χ1n) is 6.44. The van der Waals surface area contributed by atoms with E-state index in [1.165, 1.54) is 6.07 Å². The standard InChI is InChI=1S/C14H18FN3O2/c1-14(2,3)20-13(19)16-7-6-9-8-17-12-10(9)4-5-11(15)18-12/h4-5,8H,6-7H2,1-3H3,(H,16,19)(H,17,18). The van der Waals surface area contributed by atoms with Crippen molar-refractivity contribution < 1.29 is 13.9 Å². The lowest BCUT2D eigenvalue weighted by molar-refractivity contribution is 0.0528. The summed E-state index contributed by atoms with van der Waals surface area (Å²) in [5.74, 6) is -0.516. The number of ether oxygens (including phenoxy) is 1. The normalized spacial score (nSPS) is 11.6. The number of carbonyl (C=O) groups excluding carboxylic acids is 1. The van der Waals surface area contributed by atoms with E-state index in [-0.39, 0.29) is 0 Å². The van der Waals surface area contributed by atoms with Gasteiger partial charge in [0.05, 0.1) is 0 Å². The van der Waals surface area contributed by atoms with E-state index in [1.807, 2.05) is 20.8 Å². The fraction of sp³-hybridized carbons (Fsp3) is 0.429. The van der Waals surface area contributed by atoms with E-state index in [1.54, 1.807) is 12.3 Å². The molecule has 0 unspecified atom stereocenters. The summed E-state index contributed by atoms with van der Waals surface area (Å²) in [6.07, 6.45) is 1.95. The van der Waals surface area contributed by atoms with Gasteiger partial charge in [-0.1, -0.05) is 0 Å². The number of alkyl carbamates (subject to hydrolysis) is 1. The number of fused-ring (bicyclic) bond motifs is 1. The van der Waals surface area contributed by atoms with Crippen LogP contribution >= 0.6 is 0 Å². The molecule has 0 saturated heterocycles. The topological polar surface area (TPSA) is 67.0 Å². The lowest BCUT2D eigenvalue weighted by atomic mass is 10.1. The minimum atomic E-state index is -0.516. The molecule has 0 aliphatic rings. The number of aromatic nitrogens is 2. The lowest BCUT2D eigenvalue weighted by Gasteiger charge is -2.19. The molecule has 0 aliphatic heterocycles. The van der Waals surface area contributed by atoms with Gasteiger partial charge in [-0.2, -0.15) is 4.39 Å². The third-order valence-electron chi connectivity index (χ3n) is 2.65. The van der Waals surface area contributed by atoms with Gasteiger partial charge in [-0.3, -0.25) is 0 Å². The molecule has 2 heterocycles. The second-order valence-corrected chi connectivity index (χ2v) is 5.52. The van der Waals surface area contributed by atoms with Gasteiger partial charge in [-0.05, 0) is 44.9 Å². The average molecular weight is 279 g/mol. The Morgan fingerprint density at radius 1 is 1.45 bits per heavy atom. The minimum Gasteiger partial charge on any atom is -0.444 e. The van der Waals surface area contributed by atoms with Crippen molar-refractivity contribution in [1.29, 1.82) is 0 Å². The van der Waals surface area contributed by atoms with Gasteiger partial charge in [-0.25, -0.2) is 9.78 Å². The lowest BCUT2D eigenvalue weighted by Crippen LogP contribution is -2.33. The average Bonchev–Trinajstić information content (AvgIpc) is 2.69. The van der Waals surface area contributed by atoms with Crippen molar-refractivity contribution >= 4 is 17.1 Å². The molecule has 5 nitrogen and oxygen atoms in total. The van der Waals surface area contributed by atoms with Crippen LogP contribution < -0.4 is 5.32 Å². The van der Waals surface area contributed by atoms with Crippen molar-refractivity contribution in [2.45, 2.75) is 32.8 Å². The highest BCUT2D eigenvalue weighted by Gasteiger charge is 2.15. The predicted octanol–water partition coefficient (Wildman–Crippen LogP) is 2.77. The van der Waals surface area contributed by atoms with E-state index < -0.39 is 17.6 Å². The Kier molecular flexibility index (Phi) is 3.92. The van der Waals surface area contributed by atoms with Gasteiger partial charge in [0.1, 0.15) is 11.2 Å². The maximum Gasteiger partial charge on any atom is 0.407 e. The molecule has 0 radical (unpaired) electrons. The number of H-pyrrole nitrogens is 1. The van der Waals surface area contributed by atoms with Crippen molar-refractivity contribution in [3.8, 4) is 0 Å². The molecule has 2 aromatic heterocycles. The third-order valence-corrected chi connectivity index (χ3v) is 2.65. The SMILES string of the molecule is CC(C)(C)OC(=O)NCCc1c[nH]c2nc(F)ccc12. The highest BCUT2D eigenvalue weighted by molar-refractivity contribution is 5.79. The molecular weight excluding hydrogens is 261 g/mol. The number of aromatic amines is 1. The number of amides is 1. The summed E-state index contributed by atoms with van der Waals surface area (Å²) in [4.78, 5) is 18.2. The summed E-state index contributed by atoms with van der Waals surface area (Å²) in [6, 6.07) is 3.00. The molecule has 0 saturated carbocycles. The summed E-state index contributed by atoms with van der Waals surface area (Å²) >= 11 is 0. The molecule has 0 aromatic carbocycles. The number of hydrogen-bond acceptors (Lipinski definition) is 3. The molecular formula is C14H18FN3O2. The highest BCUT2D eigenvalue weighted by atomic mass is 19.1. The number of halogens is 1. The van der Waals surface area contributed by atoms with Crippen LogP contribution in [0.15, 0.2) is 18.3 Å². The largest absolute Gasteiger partial charge is 0.444 e. The van der Waals surface area contributed by atoms with Crippen LogP contribution in [0.4, 0.5) is 9.18 Å². The molecule has 1 amide bonds. The number of rotatable bonds is 3. The smallest absolute Gasteiger partial charge is 0.407 e. The maximum absolute atomic E-state index is 13.0. The predicted molar refractivity (Wildman–Crippen MR) is 74.0 cm³/mol. The van der Waals surface area contributed by atoms with Gasteiger partial charge in [0.25, 0.3) is 0 Å². The zero-order valence-corrected chi connectivity index (χ0v) is 11.8. The summed E-state index contributed by atoms with van der Waals surface area (Å²) < 4.78 is 18.1. The Labute approximate surface area is 116 Å². The molecule has 2 aromatic rings. The van der Waals surface area contributed by atoms with Gasteiger partial charge in [0.15, 0.2) is 0 Å². The molecule has 6 heteroatoms. The van der Waals surface area contributed by atoms with Gasteiger partial charge < -0.3 is 15.0 Å². The number of hydrogen-bond donors (Lipinski definition) is 2. The Hall–Kier alpha value is -2.11.